The number of aliphatic hydroxyl groups is 1. The summed E-state index contributed by atoms with van der Waals surface area (Å²) in [6, 6.07) is -0.948. The number of rotatable bonds is 3. The van der Waals surface area contributed by atoms with Crippen LogP contribution >= 0.6 is 0 Å². The minimum atomic E-state index is -3.67. The van der Waals surface area contributed by atoms with Gasteiger partial charge in [-0.15, -0.1) is 0 Å². The summed E-state index contributed by atoms with van der Waals surface area (Å²) in [5.41, 5.74) is 0. The molecular weight excluding hydrogens is 248 g/mol. The van der Waals surface area contributed by atoms with Gasteiger partial charge in [0.05, 0.1) is 13.2 Å². The first-order valence-electron chi connectivity index (χ1n) is 5.26. The third kappa shape index (κ3) is 2.95. The second-order valence-electron chi connectivity index (χ2n) is 4.12. The predicted molar refractivity (Wildman–Crippen MR) is 60.4 cm³/mol. The molecule has 0 amide bonds. The molecule has 8 heteroatoms. The molecule has 1 aliphatic heterocycles. The lowest BCUT2D eigenvalue weighted by molar-refractivity contribution is -0.147. The Kier molecular flexibility index (Phi) is 4.48. The fourth-order valence-corrected chi connectivity index (χ4v) is 3.01. The zero-order valence-corrected chi connectivity index (χ0v) is 11.0. The van der Waals surface area contributed by atoms with Crippen molar-refractivity contribution in [3.8, 4) is 0 Å². The Morgan fingerprint density at radius 1 is 1.47 bits per heavy atom. The number of aliphatic hydroxyl groups excluding tert-OH is 1. The smallest absolute Gasteiger partial charge is 0.324 e. The first-order chi connectivity index (χ1) is 7.80. The Morgan fingerprint density at radius 2 is 2.06 bits per heavy atom. The number of piperidine rings is 1. The maximum Gasteiger partial charge on any atom is 0.324 e. The largest absolute Gasteiger partial charge is 0.468 e. The van der Waals surface area contributed by atoms with Crippen LogP contribution in [-0.4, -0.2) is 68.0 Å². The maximum absolute atomic E-state index is 12.0. The Bertz CT molecular complexity index is 381. The maximum atomic E-state index is 12.0. The second-order valence-corrected chi connectivity index (χ2v) is 6.21. The molecule has 0 radical (unpaired) electrons. The molecule has 0 aromatic carbocycles. The Morgan fingerprint density at radius 3 is 2.53 bits per heavy atom. The van der Waals surface area contributed by atoms with Crippen molar-refractivity contribution in [2.75, 3.05) is 27.7 Å². The Balaban J connectivity index is 3.00. The lowest BCUT2D eigenvalue weighted by atomic mass is 10.0. The molecule has 0 aliphatic carbocycles. The highest BCUT2D eigenvalue weighted by Crippen LogP contribution is 2.22. The van der Waals surface area contributed by atoms with Gasteiger partial charge in [-0.25, -0.2) is 0 Å². The molecule has 1 rings (SSSR count). The van der Waals surface area contributed by atoms with Crippen LogP contribution in [0.5, 0.6) is 0 Å². The summed E-state index contributed by atoms with van der Waals surface area (Å²) >= 11 is 0. The van der Waals surface area contributed by atoms with Crippen molar-refractivity contribution in [2.45, 2.75) is 25.0 Å². The van der Waals surface area contributed by atoms with E-state index in [4.69, 9.17) is 0 Å². The van der Waals surface area contributed by atoms with Crippen molar-refractivity contribution in [2.24, 2.45) is 0 Å². The van der Waals surface area contributed by atoms with E-state index in [1.165, 1.54) is 21.2 Å². The normalized spacial score (nSPS) is 27.1. The highest BCUT2D eigenvalue weighted by molar-refractivity contribution is 7.86. The topological polar surface area (TPSA) is 87.1 Å². The van der Waals surface area contributed by atoms with Crippen LogP contribution in [0.15, 0.2) is 0 Å². The lowest BCUT2D eigenvalue weighted by Gasteiger charge is -2.36. The summed E-state index contributed by atoms with van der Waals surface area (Å²) in [5, 5.41) is 9.50. The van der Waals surface area contributed by atoms with E-state index >= 15 is 0 Å². The molecule has 1 aliphatic rings. The first-order valence-corrected chi connectivity index (χ1v) is 6.65. The fourth-order valence-electron chi connectivity index (χ4n) is 1.76. The fraction of sp³-hybridized carbons (Fsp3) is 0.889. The van der Waals surface area contributed by atoms with Crippen LogP contribution in [0.2, 0.25) is 0 Å². The van der Waals surface area contributed by atoms with Gasteiger partial charge in [0.15, 0.2) is 0 Å². The average molecular weight is 266 g/mol. The van der Waals surface area contributed by atoms with Crippen LogP contribution in [0.25, 0.3) is 0 Å². The standard InChI is InChI=1S/C9H18N2O5S/c1-10(2)17(14,15)11-5-4-7(12)6-8(11)9(13)16-3/h7-8,12H,4-6H2,1-3H3/t7-,8+/m0/s1. The van der Waals surface area contributed by atoms with Crippen molar-refractivity contribution in [3.05, 3.63) is 0 Å². The molecule has 0 bridgehead atoms. The summed E-state index contributed by atoms with van der Waals surface area (Å²) in [4.78, 5) is 11.5. The molecule has 1 heterocycles. The molecule has 2 atom stereocenters. The van der Waals surface area contributed by atoms with Gasteiger partial charge in [0, 0.05) is 27.1 Å². The molecule has 0 aromatic rings. The highest BCUT2D eigenvalue weighted by atomic mass is 32.2. The van der Waals surface area contributed by atoms with Gasteiger partial charge in [-0.1, -0.05) is 0 Å². The summed E-state index contributed by atoms with van der Waals surface area (Å²) < 4.78 is 30.7. The van der Waals surface area contributed by atoms with E-state index < -0.39 is 28.3 Å². The SMILES string of the molecule is COC(=O)[C@H]1C[C@@H](O)CCN1S(=O)(=O)N(C)C. The molecule has 0 unspecified atom stereocenters. The third-order valence-electron chi connectivity index (χ3n) is 2.76. The summed E-state index contributed by atoms with van der Waals surface area (Å²) in [6.07, 6.45) is -0.284. The molecule has 0 aromatic heterocycles. The lowest BCUT2D eigenvalue weighted by Crippen LogP contribution is -2.54. The number of methoxy groups -OCH3 is 1. The second kappa shape index (κ2) is 5.30. The van der Waals surface area contributed by atoms with Crippen LogP contribution in [0.1, 0.15) is 12.8 Å². The summed E-state index contributed by atoms with van der Waals surface area (Å²) in [5.74, 6) is -0.644. The number of hydrogen-bond donors (Lipinski definition) is 1. The summed E-state index contributed by atoms with van der Waals surface area (Å²) in [6.45, 7) is 0.113. The molecule has 0 spiro atoms. The van der Waals surface area contributed by atoms with Crippen LogP contribution < -0.4 is 0 Å². The number of hydrogen-bond acceptors (Lipinski definition) is 5. The van der Waals surface area contributed by atoms with Crippen molar-refractivity contribution >= 4 is 16.2 Å². The van der Waals surface area contributed by atoms with Crippen LogP contribution in [0.4, 0.5) is 0 Å². The van der Waals surface area contributed by atoms with Gasteiger partial charge in [-0.05, 0) is 6.42 Å². The van der Waals surface area contributed by atoms with E-state index in [2.05, 4.69) is 4.74 Å². The number of nitrogens with zero attached hydrogens (tertiary/aromatic N) is 2. The van der Waals surface area contributed by atoms with E-state index in [-0.39, 0.29) is 13.0 Å². The molecular formula is C9H18N2O5S. The molecule has 1 N–H and O–H groups in total. The molecule has 0 saturated carbocycles. The highest BCUT2D eigenvalue weighted by Gasteiger charge is 2.41. The van der Waals surface area contributed by atoms with Crippen molar-refractivity contribution < 1.29 is 23.1 Å². The molecule has 100 valence electrons. The predicted octanol–water partition coefficient (Wildman–Crippen LogP) is -1.21. The zero-order valence-electron chi connectivity index (χ0n) is 10.2. The van der Waals surface area contributed by atoms with E-state index in [0.29, 0.717) is 6.42 Å². The van der Waals surface area contributed by atoms with Crippen LogP contribution in [0.3, 0.4) is 0 Å². The van der Waals surface area contributed by atoms with Crippen molar-refractivity contribution in [1.29, 1.82) is 0 Å². The molecule has 7 nitrogen and oxygen atoms in total. The Labute approximate surface area is 101 Å². The van der Waals surface area contributed by atoms with Gasteiger partial charge in [-0.3, -0.25) is 4.79 Å². The summed E-state index contributed by atoms with van der Waals surface area (Å²) in [7, 11) is 0.320. The van der Waals surface area contributed by atoms with Gasteiger partial charge in [-0.2, -0.15) is 17.0 Å². The number of ether oxygens (including phenoxy) is 1. The van der Waals surface area contributed by atoms with Crippen molar-refractivity contribution in [3.63, 3.8) is 0 Å². The minimum Gasteiger partial charge on any atom is -0.468 e. The van der Waals surface area contributed by atoms with Crippen LogP contribution in [-0.2, 0) is 19.7 Å². The first kappa shape index (κ1) is 14.4. The van der Waals surface area contributed by atoms with Crippen LogP contribution in [0, 0.1) is 0 Å². The Hall–Kier alpha value is -0.700. The van der Waals surface area contributed by atoms with E-state index in [9.17, 15) is 18.3 Å². The quantitative estimate of drug-likeness (QED) is 0.648. The number of esters is 1. The van der Waals surface area contributed by atoms with Gasteiger partial charge < -0.3 is 9.84 Å². The van der Waals surface area contributed by atoms with Crippen molar-refractivity contribution in [1.82, 2.24) is 8.61 Å². The zero-order chi connectivity index (χ0) is 13.2. The number of carbonyl (C=O) groups is 1. The van der Waals surface area contributed by atoms with Gasteiger partial charge in [0.2, 0.25) is 0 Å². The molecule has 1 saturated heterocycles. The molecule has 17 heavy (non-hydrogen) atoms. The molecule has 1 fully saturated rings. The number of carbonyl (C=O) groups excluding carboxylic acids is 1. The average Bonchev–Trinajstić information content (AvgIpc) is 2.27. The van der Waals surface area contributed by atoms with Gasteiger partial charge in [0.1, 0.15) is 6.04 Å². The minimum absolute atomic E-state index is 0.0692. The van der Waals surface area contributed by atoms with Gasteiger partial charge >= 0.3 is 5.97 Å². The monoisotopic (exact) mass is 266 g/mol. The third-order valence-corrected chi connectivity index (χ3v) is 4.71. The van der Waals surface area contributed by atoms with Gasteiger partial charge in [0.25, 0.3) is 10.2 Å². The van der Waals surface area contributed by atoms with E-state index in [0.717, 1.165) is 8.61 Å². The van der Waals surface area contributed by atoms with E-state index in [1.807, 2.05) is 0 Å². The van der Waals surface area contributed by atoms with E-state index in [1.54, 1.807) is 0 Å².